The van der Waals surface area contributed by atoms with Gasteiger partial charge in [-0.1, -0.05) is 6.42 Å². The second kappa shape index (κ2) is 6.34. The first kappa shape index (κ1) is 14.3. The summed E-state index contributed by atoms with van der Waals surface area (Å²) in [5.74, 6) is 0.0609. The molecule has 1 saturated heterocycles. The van der Waals surface area contributed by atoms with Crippen molar-refractivity contribution >= 4 is 22.4 Å². The molecule has 0 aromatic carbocycles. The minimum Gasteiger partial charge on any atom is -0.375 e. The number of hydrogen-bond donors (Lipinski definition) is 2. The second-order valence-electron chi connectivity index (χ2n) is 5.17. The average molecular weight is 282 g/mol. The molecule has 0 saturated carbocycles. The average Bonchev–Trinajstić information content (AvgIpc) is 2.67. The second-order valence-corrected chi connectivity index (χ2v) is 6.29. The maximum atomic E-state index is 11.9. The van der Waals surface area contributed by atoms with E-state index >= 15 is 0 Å². The third-order valence-electron chi connectivity index (χ3n) is 3.69. The van der Waals surface area contributed by atoms with Crippen LogP contribution in [-0.2, 0) is 11.2 Å². The number of hydrogen-bond acceptors (Lipinski definition) is 5. The fraction of sp³-hybridized carbons (Fsp3) is 0.692. The number of aromatic nitrogens is 1. The number of nitrogens with one attached hydrogen (secondary N) is 1. The van der Waals surface area contributed by atoms with Crippen LogP contribution in [0.3, 0.4) is 0 Å². The van der Waals surface area contributed by atoms with Gasteiger partial charge in [0.1, 0.15) is 0 Å². The molecule has 1 unspecified atom stereocenters. The van der Waals surface area contributed by atoms with Crippen molar-refractivity contribution in [2.45, 2.75) is 38.6 Å². The van der Waals surface area contributed by atoms with Gasteiger partial charge in [0.05, 0.1) is 12.1 Å². The van der Waals surface area contributed by atoms with E-state index < -0.39 is 0 Å². The van der Waals surface area contributed by atoms with Crippen molar-refractivity contribution < 1.29 is 4.79 Å². The summed E-state index contributed by atoms with van der Waals surface area (Å²) in [6, 6.07) is 0.477. The molecule has 1 aliphatic heterocycles. The summed E-state index contributed by atoms with van der Waals surface area (Å²) in [4.78, 5) is 19.4. The normalized spacial score (nSPS) is 20.4. The third-order valence-corrected chi connectivity index (χ3v) is 4.67. The maximum absolute atomic E-state index is 11.9. The largest absolute Gasteiger partial charge is 0.375 e. The van der Waals surface area contributed by atoms with Crippen molar-refractivity contribution in [3.8, 4) is 0 Å². The number of thiazole rings is 1. The van der Waals surface area contributed by atoms with Crippen molar-refractivity contribution in [3.05, 3.63) is 10.6 Å². The number of nitrogens with two attached hydrogens (primary N) is 1. The summed E-state index contributed by atoms with van der Waals surface area (Å²) in [6.45, 7) is 3.76. The van der Waals surface area contributed by atoms with Gasteiger partial charge in [-0.05, 0) is 33.4 Å². The Hall–Kier alpha value is -1.14. The van der Waals surface area contributed by atoms with E-state index in [1.165, 1.54) is 30.6 Å². The number of aryl methyl sites for hydroxylation is 1. The number of nitrogens with zero attached hydrogens (tertiary/aromatic N) is 2. The van der Waals surface area contributed by atoms with Crippen LogP contribution in [0.15, 0.2) is 0 Å². The van der Waals surface area contributed by atoms with Crippen molar-refractivity contribution in [1.29, 1.82) is 0 Å². The highest BCUT2D eigenvalue weighted by Crippen LogP contribution is 2.20. The Morgan fingerprint density at radius 2 is 2.37 bits per heavy atom. The predicted molar refractivity (Wildman–Crippen MR) is 78.2 cm³/mol. The molecule has 6 heteroatoms. The van der Waals surface area contributed by atoms with Crippen molar-refractivity contribution in [3.63, 3.8) is 0 Å². The van der Waals surface area contributed by atoms with E-state index in [0.717, 1.165) is 23.7 Å². The fourth-order valence-electron chi connectivity index (χ4n) is 2.46. The lowest BCUT2D eigenvalue weighted by molar-refractivity contribution is -0.120. The monoisotopic (exact) mass is 282 g/mol. The Bertz CT molecular complexity index is 446. The number of carbonyl (C=O) groups excluding carboxylic acids is 1. The lowest BCUT2D eigenvalue weighted by Gasteiger charge is -2.32. The van der Waals surface area contributed by atoms with Gasteiger partial charge in [-0.2, -0.15) is 0 Å². The van der Waals surface area contributed by atoms with Crippen LogP contribution in [0.2, 0.25) is 0 Å². The SMILES string of the molecule is Cc1nc(N)sc1CC(=O)NCC1CCCCN1C. The summed E-state index contributed by atoms with van der Waals surface area (Å²) >= 11 is 1.40. The molecule has 1 aromatic rings. The number of nitrogen functional groups attached to an aromatic ring is 1. The Balaban J connectivity index is 1.79. The molecule has 5 nitrogen and oxygen atoms in total. The van der Waals surface area contributed by atoms with E-state index in [1.807, 2.05) is 6.92 Å². The Morgan fingerprint density at radius 3 is 3.00 bits per heavy atom. The van der Waals surface area contributed by atoms with Crippen LogP contribution >= 0.6 is 11.3 Å². The molecule has 1 aliphatic rings. The zero-order chi connectivity index (χ0) is 13.8. The van der Waals surface area contributed by atoms with Gasteiger partial charge in [0.2, 0.25) is 5.91 Å². The van der Waals surface area contributed by atoms with E-state index in [1.54, 1.807) is 0 Å². The van der Waals surface area contributed by atoms with Crippen molar-refractivity contribution in [2.24, 2.45) is 0 Å². The van der Waals surface area contributed by atoms with E-state index in [4.69, 9.17) is 5.73 Å². The third kappa shape index (κ3) is 3.91. The summed E-state index contributed by atoms with van der Waals surface area (Å²) in [7, 11) is 2.13. The van der Waals surface area contributed by atoms with E-state index in [0.29, 0.717) is 17.6 Å². The molecule has 0 spiro atoms. The number of rotatable bonds is 4. The number of piperidine rings is 1. The highest BCUT2D eigenvalue weighted by molar-refractivity contribution is 7.15. The Labute approximate surface area is 118 Å². The molecular formula is C13H22N4OS. The van der Waals surface area contributed by atoms with Crippen LogP contribution < -0.4 is 11.1 Å². The molecule has 1 fully saturated rings. The molecule has 1 aromatic heterocycles. The summed E-state index contributed by atoms with van der Waals surface area (Å²) < 4.78 is 0. The highest BCUT2D eigenvalue weighted by atomic mass is 32.1. The van der Waals surface area contributed by atoms with E-state index in [2.05, 4.69) is 22.2 Å². The van der Waals surface area contributed by atoms with Gasteiger partial charge >= 0.3 is 0 Å². The van der Waals surface area contributed by atoms with Gasteiger partial charge in [0.15, 0.2) is 5.13 Å². The molecule has 106 valence electrons. The Kier molecular flexibility index (Phi) is 4.76. The molecule has 0 aliphatic carbocycles. The van der Waals surface area contributed by atoms with Crippen LogP contribution in [0.4, 0.5) is 5.13 Å². The van der Waals surface area contributed by atoms with Gasteiger partial charge in [-0.15, -0.1) is 11.3 Å². The van der Waals surface area contributed by atoms with Gasteiger partial charge in [0, 0.05) is 17.5 Å². The molecule has 19 heavy (non-hydrogen) atoms. The highest BCUT2D eigenvalue weighted by Gasteiger charge is 2.19. The predicted octanol–water partition coefficient (Wildman–Crippen LogP) is 1.18. The lowest BCUT2D eigenvalue weighted by Crippen LogP contribution is -2.44. The first-order valence-electron chi connectivity index (χ1n) is 6.75. The number of anilines is 1. The molecule has 0 bridgehead atoms. The zero-order valence-electron chi connectivity index (χ0n) is 11.6. The zero-order valence-corrected chi connectivity index (χ0v) is 12.4. The van der Waals surface area contributed by atoms with Crippen molar-refractivity contribution in [1.82, 2.24) is 15.2 Å². The van der Waals surface area contributed by atoms with Gasteiger partial charge < -0.3 is 16.0 Å². The lowest BCUT2D eigenvalue weighted by atomic mass is 10.0. The van der Waals surface area contributed by atoms with E-state index in [9.17, 15) is 4.79 Å². The molecule has 2 rings (SSSR count). The summed E-state index contributed by atoms with van der Waals surface area (Å²) in [5, 5.41) is 3.56. The van der Waals surface area contributed by atoms with E-state index in [-0.39, 0.29) is 5.91 Å². The molecular weight excluding hydrogens is 260 g/mol. The molecule has 1 atom stereocenters. The Morgan fingerprint density at radius 1 is 1.58 bits per heavy atom. The van der Waals surface area contributed by atoms with Gasteiger partial charge in [-0.25, -0.2) is 4.98 Å². The van der Waals surface area contributed by atoms with Crippen LogP contribution in [-0.4, -0.2) is 42.0 Å². The van der Waals surface area contributed by atoms with Gasteiger partial charge in [-0.3, -0.25) is 4.79 Å². The topological polar surface area (TPSA) is 71.2 Å². The van der Waals surface area contributed by atoms with Crippen molar-refractivity contribution in [2.75, 3.05) is 25.9 Å². The smallest absolute Gasteiger partial charge is 0.225 e. The number of likely N-dealkylation sites (N-methyl/N-ethyl adjacent to an activating group) is 1. The van der Waals surface area contributed by atoms with Crippen LogP contribution in [0.5, 0.6) is 0 Å². The van der Waals surface area contributed by atoms with Crippen LogP contribution in [0, 0.1) is 6.92 Å². The first-order chi connectivity index (χ1) is 9.06. The first-order valence-corrected chi connectivity index (χ1v) is 7.56. The molecule has 3 N–H and O–H groups in total. The standard InChI is InChI=1S/C13H22N4OS/c1-9-11(19-13(14)16-9)7-12(18)15-8-10-5-3-4-6-17(10)2/h10H,3-8H2,1-2H3,(H2,14,16)(H,15,18). The maximum Gasteiger partial charge on any atom is 0.225 e. The summed E-state index contributed by atoms with van der Waals surface area (Å²) in [5.41, 5.74) is 6.50. The summed E-state index contributed by atoms with van der Waals surface area (Å²) in [6.07, 6.45) is 4.08. The quantitative estimate of drug-likeness (QED) is 0.870. The fourth-order valence-corrected chi connectivity index (χ4v) is 3.29. The minimum atomic E-state index is 0.0609. The van der Waals surface area contributed by atoms with Crippen LogP contribution in [0.25, 0.3) is 0 Å². The molecule has 2 heterocycles. The van der Waals surface area contributed by atoms with Gasteiger partial charge in [0.25, 0.3) is 0 Å². The molecule has 1 amide bonds. The number of likely N-dealkylation sites (tertiary alicyclic amines) is 1. The minimum absolute atomic E-state index is 0.0609. The number of amides is 1. The number of carbonyl (C=O) groups is 1. The van der Waals surface area contributed by atoms with Crippen LogP contribution in [0.1, 0.15) is 29.8 Å². The molecule has 0 radical (unpaired) electrons.